The van der Waals surface area contributed by atoms with Gasteiger partial charge in [0.25, 0.3) is 0 Å². The number of halogens is 2. The van der Waals surface area contributed by atoms with E-state index in [2.05, 4.69) is 0 Å². The molecule has 0 fully saturated rings. The third kappa shape index (κ3) is 3.18. The summed E-state index contributed by atoms with van der Waals surface area (Å²) in [6, 6.07) is 8.88. The lowest BCUT2D eigenvalue weighted by molar-refractivity contribution is 0.409. The first-order valence-electron chi connectivity index (χ1n) is 5.62. The molecule has 0 saturated heterocycles. The molecule has 0 radical (unpaired) electrons. The molecule has 0 saturated carbocycles. The molecule has 0 aromatic heterocycles. The van der Waals surface area contributed by atoms with E-state index < -0.39 is 5.82 Å². The Balaban J connectivity index is 2.43. The van der Waals surface area contributed by atoms with Crippen molar-refractivity contribution in [3.05, 3.63) is 52.8 Å². The summed E-state index contributed by atoms with van der Waals surface area (Å²) in [6.45, 7) is 0. The summed E-state index contributed by atoms with van der Waals surface area (Å²) < 4.78 is 23.8. The first-order chi connectivity index (χ1) is 9.51. The normalized spacial score (nSPS) is 10.2. The zero-order valence-corrected chi connectivity index (χ0v) is 12.1. The highest BCUT2D eigenvalue weighted by atomic mass is 35.5. The van der Waals surface area contributed by atoms with E-state index in [0.717, 1.165) is 6.07 Å². The smallest absolute Gasteiger partial charge is 0.146 e. The first kappa shape index (κ1) is 14.6. The van der Waals surface area contributed by atoms with Crippen LogP contribution in [0.1, 0.15) is 5.56 Å². The van der Waals surface area contributed by atoms with Crippen molar-refractivity contribution in [3.8, 4) is 17.2 Å². The van der Waals surface area contributed by atoms with Gasteiger partial charge in [-0.3, -0.25) is 0 Å². The van der Waals surface area contributed by atoms with Gasteiger partial charge in [-0.1, -0.05) is 23.8 Å². The third-order valence-electron chi connectivity index (χ3n) is 2.57. The number of hydrogen-bond donors (Lipinski definition) is 1. The van der Waals surface area contributed by atoms with Gasteiger partial charge in [0.05, 0.1) is 17.7 Å². The van der Waals surface area contributed by atoms with E-state index in [1.54, 1.807) is 18.2 Å². The second-order valence-corrected chi connectivity index (χ2v) is 4.75. The lowest BCUT2D eigenvalue weighted by atomic mass is 10.2. The van der Waals surface area contributed by atoms with E-state index in [-0.39, 0.29) is 10.0 Å². The SMILES string of the molecule is COc1ccc(C(N)=S)c(Oc2ccc(F)cc2Cl)c1. The number of hydrogen-bond acceptors (Lipinski definition) is 3. The van der Waals surface area contributed by atoms with Crippen molar-refractivity contribution < 1.29 is 13.9 Å². The molecule has 2 aromatic carbocycles. The number of ether oxygens (including phenoxy) is 2. The van der Waals surface area contributed by atoms with Crippen LogP contribution in [-0.4, -0.2) is 12.1 Å². The molecule has 2 N–H and O–H groups in total. The Bertz CT molecular complexity index is 664. The fourth-order valence-corrected chi connectivity index (χ4v) is 1.97. The summed E-state index contributed by atoms with van der Waals surface area (Å²) in [5.74, 6) is 0.838. The standard InChI is InChI=1S/C14H11ClFNO2S/c1-18-9-3-4-10(14(17)20)13(7-9)19-12-5-2-8(16)6-11(12)15/h2-7H,1H3,(H2,17,20). The van der Waals surface area contributed by atoms with Crippen molar-refractivity contribution in [1.82, 2.24) is 0 Å². The fourth-order valence-electron chi connectivity index (χ4n) is 1.59. The molecule has 0 bridgehead atoms. The third-order valence-corrected chi connectivity index (χ3v) is 3.08. The van der Waals surface area contributed by atoms with E-state index in [1.807, 2.05) is 0 Å². The number of benzene rings is 2. The second kappa shape index (κ2) is 6.07. The van der Waals surface area contributed by atoms with Crippen molar-refractivity contribution in [1.29, 1.82) is 0 Å². The zero-order valence-electron chi connectivity index (χ0n) is 10.5. The largest absolute Gasteiger partial charge is 0.497 e. The molecule has 0 spiro atoms. The Labute approximate surface area is 126 Å². The van der Waals surface area contributed by atoms with E-state index >= 15 is 0 Å². The van der Waals surface area contributed by atoms with Crippen LogP contribution in [0.25, 0.3) is 0 Å². The van der Waals surface area contributed by atoms with Crippen LogP contribution in [0.15, 0.2) is 36.4 Å². The predicted octanol–water partition coefficient (Wildman–Crippen LogP) is 3.91. The quantitative estimate of drug-likeness (QED) is 0.869. The van der Waals surface area contributed by atoms with Crippen LogP contribution in [0.4, 0.5) is 4.39 Å². The first-order valence-corrected chi connectivity index (χ1v) is 6.40. The zero-order chi connectivity index (χ0) is 14.7. The van der Waals surface area contributed by atoms with Crippen LogP contribution in [0, 0.1) is 5.82 Å². The average Bonchev–Trinajstić information content (AvgIpc) is 2.41. The minimum atomic E-state index is -0.442. The molecule has 3 nitrogen and oxygen atoms in total. The van der Waals surface area contributed by atoms with Gasteiger partial charge in [0.15, 0.2) is 0 Å². The van der Waals surface area contributed by atoms with E-state index in [1.165, 1.54) is 19.2 Å². The Morgan fingerprint density at radius 2 is 1.95 bits per heavy atom. The molecule has 0 aliphatic heterocycles. The highest BCUT2D eigenvalue weighted by molar-refractivity contribution is 7.80. The van der Waals surface area contributed by atoms with Crippen LogP contribution in [0.5, 0.6) is 17.2 Å². The minimum absolute atomic E-state index is 0.154. The van der Waals surface area contributed by atoms with Crippen molar-refractivity contribution >= 4 is 28.8 Å². The molecule has 0 atom stereocenters. The van der Waals surface area contributed by atoms with Gasteiger partial charge in [-0.25, -0.2) is 4.39 Å². The van der Waals surface area contributed by atoms with E-state index in [9.17, 15) is 4.39 Å². The maximum absolute atomic E-state index is 13.0. The van der Waals surface area contributed by atoms with Crippen LogP contribution >= 0.6 is 23.8 Å². The molecule has 6 heteroatoms. The molecule has 0 unspecified atom stereocenters. The molecule has 0 heterocycles. The maximum atomic E-state index is 13.0. The van der Waals surface area contributed by atoms with Gasteiger partial charge in [-0.05, 0) is 30.3 Å². The Hall–Kier alpha value is -1.85. The summed E-state index contributed by atoms with van der Waals surface area (Å²) in [6.07, 6.45) is 0. The highest BCUT2D eigenvalue weighted by Crippen LogP contribution is 2.33. The van der Waals surface area contributed by atoms with Crippen molar-refractivity contribution in [2.24, 2.45) is 5.73 Å². The van der Waals surface area contributed by atoms with Gasteiger partial charge >= 0.3 is 0 Å². The Morgan fingerprint density at radius 1 is 1.20 bits per heavy atom. The molecular weight excluding hydrogens is 301 g/mol. The van der Waals surface area contributed by atoms with E-state index in [4.69, 9.17) is 39.0 Å². The van der Waals surface area contributed by atoms with Gasteiger partial charge < -0.3 is 15.2 Å². The van der Waals surface area contributed by atoms with Crippen LogP contribution in [-0.2, 0) is 0 Å². The summed E-state index contributed by atoms with van der Waals surface area (Å²) in [5, 5.41) is 0.154. The topological polar surface area (TPSA) is 44.5 Å². The second-order valence-electron chi connectivity index (χ2n) is 3.90. The predicted molar refractivity (Wildman–Crippen MR) is 80.4 cm³/mol. The number of thiocarbonyl (C=S) groups is 1. The van der Waals surface area contributed by atoms with Crippen LogP contribution in [0.3, 0.4) is 0 Å². The van der Waals surface area contributed by atoms with Gasteiger partial charge in [-0.15, -0.1) is 0 Å². The molecular formula is C14H11ClFNO2S. The monoisotopic (exact) mass is 311 g/mol. The lowest BCUT2D eigenvalue weighted by Gasteiger charge is -2.13. The molecule has 0 aliphatic rings. The van der Waals surface area contributed by atoms with E-state index in [0.29, 0.717) is 22.8 Å². The molecule has 0 aliphatic carbocycles. The number of rotatable bonds is 4. The molecule has 20 heavy (non-hydrogen) atoms. The number of methoxy groups -OCH3 is 1. The van der Waals surface area contributed by atoms with Crippen molar-refractivity contribution in [2.45, 2.75) is 0 Å². The van der Waals surface area contributed by atoms with Gasteiger partial charge in [0.2, 0.25) is 0 Å². The summed E-state index contributed by atoms with van der Waals surface area (Å²) in [5.41, 5.74) is 6.18. The molecule has 2 rings (SSSR count). The van der Waals surface area contributed by atoms with Gasteiger partial charge in [-0.2, -0.15) is 0 Å². The molecule has 2 aromatic rings. The summed E-state index contributed by atoms with van der Waals surface area (Å²) in [7, 11) is 1.53. The summed E-state index contributed by atoms with van der Waals surface area (Å²) in [4.78, 5) is 0.181. The fraction of sp³-hybridized carbons (Fsp3) is 0.0714. The van der Waals surface area contributed by atoms with Gasteiger partial charge in [0.1, 0.15) is 28.1 Å². The average molecular weight is 312 g/mol. The molecule has 104 valence electrons. The molecule has 0 amide bonds. The maximum Gasteiger partial charge on any atom is 0.146 e. The summed E-state index contributed by atoms with van der Waals surface area (Å²) >= 11 is 10.9. The van der Waals surface area contributed by atoms with Crippen molar-refractivity contribution in [3.63, 3.8) is 0 Å². The number of nitrogens with two attached hydrogens (primary N) is 1. The lowest BCUT2D eigenvalue weighted by Crippen LogP contribution is -2.10. The van der Waals surface area contributed by atoms with Gasteiger partial charge in [0, 0.05) is 6.07 Å². The Morgan fingerprint density at radius 3 is 2.55 bits per heavy atom. The minimum Gasteiger partial charge on any atom is -0.497 e. The highest BCUT2D eigenvalue weighted by Gasteiger charge is 2.11. The van der Waals surface area contributed by atoms with Crippen LogP contribution in [0.2, 0.25) is 5.02 Å². The van der Waals surface area contributed by atoms with Crippen LogP contribution < -0.4 is 15.2 Å². The van der Waals surface area contributed by atoms with Crippen molar-refractivity contribution in [2.75, 3.05) is 7.11 Å². The Kier molecular flexibility index (Phi) is 4.42.